The fourth-order valence-electron chi connectivity index (χ4n) is 2.52. The van der Waals surface area contributed by atoms with E-state index < -0.39 is 0 Å². The third kappa shape index (κ3) is 4.59. The van der Waals surface area contributed by atoms with E-state index in [4.69, 9.17) is 0 Å². The van der Waals surface area contributed by atoms with E-state index in [1.54, 1.807) is 28.9 Å². The van der Waals surface area contributed by atoms with Gasteiger partial charge in [-0.3, -0.25) is 9.59 Å². The van der Waals surface area contributed by atoms with Crippen LogP contribution in [0, 0.1) is 13.8 Å². The van der Waals surface area contributed by atoms with Gasteiger partial charge in [-0.2, -0.15) is 4.68 Å². The topological polar surface area (TPSA) is 89.8 Å². The molecular formula is C19H19N5O2S. The molecule has 27 heavy (non-hydrogen) atoms. The van der Waals surface area contributed by atoms with Gasteiger partial charge in [-0.25, -0.2) is 0 Å². The van der Waals surface area contributed by atoms with Crippen molar-refractivity contribution in [2.24, 2.45) is 0 Å². The van der Waals surface area contributed by atoms with Crippen molar-refractivity contribution >= 4 is 29.1 Å². The first kappa shape index (κ1) is 18.8. The number of ketones is 1. The zero-order valence-corrected chi connectivity index (χ0v) is 16.1. The normalized spacial score (nSPS) is 10.6. The average Bonchev–Trinajstić information content (AvgIpc) is 3.10. The first-order chi connectivity index (χ1) is 12.9. The Kier molecular flexibility index (Phi) is 5.66. The summed E-state index contributed by atoms with van der Waals surface area (Å²) < 4.78 is 1.65. The zero-order chi connectivity index (χ0) is 19.4. The van der Waals surface area contributed by atoms with Gasteiger partial charge in [0, 0.05) is 18.2 Å². The van der Waals surface area contributed by atoms with Crippen LogP contribution in [0.5, 0.6) is 0 Å². The van der Waals surface area contributed by atoms with Crippen LogP contribution in [0.2, 0.25) is 0 Å². The maximum atomic E-state index is 12.5. The Hall–Kier alpha value is -3.00. The molecule has 2 aromatic carbocycles. The number of Topliss-reactive ketones (excluding diaryl/α,β-unsaturated/α-hetero) is 1. The number of amides is 1. The molecule has 0 atom stereocenters. The lowest BCUT2D eigenvalue weighted by atomic mass is 10.1. The van der Waals surface area contributed by atoms with Crippen LogP contribution >= 0.6 is 11.8 Å². The highest BCUT2D eigenvalue weighted by atomic mass is 32.2. The van der Waals surface area contributed by atoms with Crippen molar-refractivity contribution in [3.63, 3.8) is 0 Å². The standard InChI is InChI=1S/C19H19N5O2S/c1-12-4-5-13(2)17(10-12)24-19(21-22-23-24)27-11-18(26)15-6-8-16(9-7-15)20-14(3)25/h4-10H,11H2,1-3H3,(H,20,25). The van der Waals surface area contributed by atoms with E-state index in [0.29, 0.717) is 16.4 Å². The quantitative estimate of drug-likeness (QED) is 0.521. The van der Waals surface area contributed by atoms with Crippen molar-refractivity contribution in [2.45, 2.75) is 25.9 Å². The molecule has 0 bridgehead atoms. The number of thioether (sulfide) groups is 1. The molecule has 3 rings (SSSR count). The predicted octanol–water partition coefficient (Wildman–Crippen LogP) is 3.21. The van der Waals surface area contributed by atoms with E-state index in [2.05, 4.69) is 20.8 Å². The molecule has 3 aromatic rings. The minimum absolute atomic E-state index is 0.0371. The largest absolute Gasteiger partial charge is 0.326 e. The molecule has 0 aliphatic carbocycles. The van der Waals surface area contributed by atoms with Gasteiger partial charge in [0.1, 0.15) is 0 Å². The van der Waals surface area contributed by atoms with Crippen LogP contribution in [0.15, 0.2) is 47.6 Å². The summed E-state index contributed by atoms with van der Waals surface area (Å²) >= 11 is 1.29. The fraction of sp³-hybridized carbons (Fsp3) is 0.211. The van der Waals surface area contributed by atoms with Crippen LogP contribution < -0.4 is 5.32 Å². The van der Waals surface area contributed by atoms with Gasteiger partial charge in [-0.05, 0) is 65.7 Å². The van der Waals surface area contributed by atoms with Crippen molar-refractivity contribution in [2.75, 3.05) is 11.1 Å². The molecule has 0 aliphatic rings. The molecular weight excluding hydrogens is 362 g/mol. The Morgan fingerprint density at radius 2 is 1.85 bits per heavy atom. The lowest BCUT2D eigenvalue weighted by molar-refractivity contribution is -0.114. The fourth-order valence-corrected chi connectivity index (χ4v) is 3.30. The van der Waals surface area contributed by atoms with Gasteiger partial charge < -0.3 is 5.32 Å². The molecule has 1 aromatic heterocycles. The molecule has 1 amide bonds. The summed E-state index contributed by atoms with van der Waals surface area (Å²) in [5.74, 6) is 0.0258. The van der Waals surface area contributed by atoms with E-state index in [1.807, 2.05) is 32.0 Å². The van der Waals surface area contributed by atoms with Crippen LogP contribution in [0.1, 0.15) is 28.4 Å². The second kappa shape index (κ2) is 8.13. The Bertz CT molecular complexity index is 982. The molecule has 138 valence electrons. The minimum Gasteiger partial charge on any atom is -0.326 e. The molecule has 0 radical (unpaired) electrons. The maximum absolute atomic E-state index is 12.5. The number of aromatic nitrogens is 4. The summed E-state index contributed by atoms with van der Waals surface area (Å²) in [6, 6.07) is 12.9. The van der Waals surface area contributed by atoms with Crippen LogP contribution in [-0.4, -0.2) is 37.7 Å². The molecule has 0 unspecified atom stereocenters. The molecule has 8 heteroatoms. The average molecular weight is 381 g/mol. The van der Waals surface area contributed by atoms with Gasteiger partial charge in [0.05, 0.1) is 11.4 Å². The van der Waals surface area contributed by atoms with Crippen LogP contribution in [0.25, 0.3) is 5.69 Å². The van der Waals surface area contributed by atoms with E-state index in [-0.39, 0.29) is 17.4 Å². The number of carbonyl (C=O) groups excluding carboxylic acids is 2. The zero-order valence-electron chi connectivity index (χ0n) is 15.3. The van der Waals surface area contributed by atoms with Gasteiger partial charge in [0.2, 0.25) is 11.1 Å². The second-order valence-electron chi connectivity index (χ2n) is 6.13. The number of nitrogens with zero attached hydrogens (tertiary/aromatic N) is 4. The molecule has 0 spiro atoms. The predicted molar refractivity (Wildman–Crippen MR) is 104 cm³/mol. The number of aryl methyl sites for hydroxylation is 2. The summed E-state index contributed by atoms with van der Waals surface area (Å²) in [5.41, 5.74) is 4.29. The summed E-state index contributed by atoms with van der Waals surface area (Å²) in [5, 5.41) is 15.1. The first-order valence-corrected chi connectivity index (χ1v) is 9.32. The van der Waals surface area contributed by atoms with Crippen molar-refractivity contribution < 1.29 is 9.59 Å². The number of hydrogen-bond donors (Lipinski definition) is 1. The second-order valence-corrected chi connectivity index (χ2v) is 7.08. The van der Waals surface area contributed by atoms with E-state index in [0.717, 1.165) is 16.8 Å². The first-order valence-electron chi connectivity index (χ1n) is 8.33. The summed E-state index contributed by atoms with van der Waals surface area (Å²) in [6.07, 6.45) is 0. The number of rotatable bonds is 6. The Balaban J connectivity index is 1.71. The van der Waals surface area contributed by atoms with E-state index >= 15 is 0 Å². The molecule has 1 heterocycles. The Morgan fingerprint density at radius 3 is 2.56 bits per heavy atom. The van der Waals surface area contributed by atoms with Crippen molar-refractivity contribution in [1.29, 1.82) is 0 Å². The summed E-state index contributed by atoms with van der Waals surface area (Å²) in [6.45, 7) is 5.44. The van der Waals surface area contributed by atoms with Crippen LogP contribution in [0.4, 0.5) is 5.69 Å². The lowest BCUT2D eigenvalue weighted by Crippen LogP contribution is -2.07. The third-order valence-corrected chi connectivity index (χ3v) is 4.81. The van der Waals surface area contributed by atoms with Crippen molar-refractivity contribution in [3.05, 3.63) is 59.2 Å². The highest BCUT2D eigenvalue weighted by Crippen LogP contribution is 2.22. The number of tetrazole rings is 1. The number of anilines is 1. The molecule has 0 aliphatic heterocycles. The number of nitrogens with one attached hydrogen (secondary N) is 1. The van der Waals surface area contributed by atoms with Crippen molar-refractivity contribution in [1.82, 2.24) is 20.2 Å². The molecule has 1 N–H and O–H groups in total. The number of benzene rings is 2. The number of carbonyl (C=O) groups is 2. The van der Waals surface area contributed by atoms with Crippen molar-refractivity contribution in [3.8, 4) is 5.69 Å². The van der Waals surface area contributed by atoms with Crippen LogP contribution in [0.3, 0.4) is 0 Å². The number of hydrogen-bond acceptors (Lipinski definition) is 6. The smallest absolute Gasteiger partial charge is 0.221 e. The summed E-state index contributed by atoms with van der Waals surface area (Å²) in [4.78, 5) is 23.5. The maximum Gasteiger partial charge on any atom is 0.221 e. The monoisotopic (exact) mass is 381 g/mol. The van der Waals surface area contributed by atoms with Gasteiger partial charge in [-0.15, -0.1) is 5.10 Å². The van der Waals surface area contributed by atoms with Gasteiger partial charge in [0.25, 0.3) is 0 Å². The van der Waals surface area contributed by atoms with E-state index in [1.165, 1.54) is 18.7 Å². The lowest BCUT2D eigenvalue weighted by Gasteiger charge is -2.08. The molecule has 0 fully saturated rings. The highest BCUT2D eigenvalue weighted by molar-refractivity contribution is 7.99. The SMILES string of the molecule is CC(=O)Nc1ccc(C(=O)CSc2nnnn2-c2cc(C)ccc2C)cc1. The highest BCUT2D eigenvalue weighted by Gasteiger charge is 2.14. The third-order valence-electron chi connectivity index (χ3n) is 3.89. The van der Waals surface area contributed by atoms with E-state index in [9.17, 15) is 9.59 Å². The van der Waals surface area contributed by atoms with Gasteiger partial charge >= 0.3 is 0 Å². The van der Waals surface area contributed by atoms with Crippen LogP contribution in [-0.2, 0) is 4.79 Å². The molecule has 0 saturated carbocycles. The molecule has 0 saturated heterocycles. The van der Waals surface area contributed by atoms with Gasteiger partial charge in [0.15, 0.2) is 5.78 Å². The Labute approximate surface area is 161 Å². The minimum atomic E-state index is -0.150. The van der Waals surface area contributed by atoms with Gasteiger partial charge in [-0.1, -0.05) is 23.9 Å². The summed E-state index contributed by atoms with van der Waals surface area (Å²) in [7, 11) is 0. The molecule has 7 nitrogen and oxygen atoms in total. The Morgan fingerprint density at radius 1 is 1.11 bits per heavy atom.